The summed E-state index contributed by atoms with van der Waals surface area (Å²) in [4.78, 5) is 6.93. The molecule has 0 N–H and O–H groups in total. The Hall–Kier alpha value is -1.97. The number of nitrogens with zero attached hydrogens (tertiary/aromatic N) is 6. The summed E-state index contributed by atoms with van der Waals surface area (Å²) in [6, 6.07) is 0. The van der Waals surface area contributed by atoms with Crippen molar-refractivity contribution in [2.24, 2.45) is 0 Å². The molecule has 1 unspecified atom stereocenters. The average Bonchev–Trinajstić information content (AvgIpc) is 3.35. The van der Waals surface area contributed by atoms with E-state index in [4.69, 9.17) is 4.74 Å². The summed E-state index contributed by atoms with van der Waals surface area (Å²) in [6.07, 6.45) is 3.44. The SMILES string of the molecule is C=C(C)CSc1nnc2n3ncnc3c3c4c(sc3n12)COC(C)(CC)C4. The fourth-order valence-corrected chi connectivity index (χ4v) is 5.56. The van der Waals surface area contributed by atoms with Gasteiger partial charge in [0.25, 0.3) is 5.78 Å². The molecular formula is C18H20N6OS2. The van der Waals surface area contributed by atoms with Crippen LogP contribution in [0.3, 0.4) is 0 Å². The molecule has 1 aliphatic rings. The third kappa shape index (κ3) is 2.52. The Kier molecular flexibility index (Phi) is 3.82. The molecule has 1 atom stereocenters. The van der Waals surface area contributed by atoms with Gasteiger partial charge in [-0.05, 0) is 25.8 Å². The van der Waals surface area contributed by atoms with E-state index in [1.165, 1.54) is 10.4 Å². The second-order valence-electron chi connectivity index (χ2n) is 7.31. The Labute approximate surface area is 164 Å². The van der Waals surface area contributed by atoms with E-state index in [0.29, 0.717) is 12.4 Å². The molecule has 0 amide bonds. The number of rotatable bonds is 4. The smallest absolute Gasteiger partial charge is 0.260 e. The van der Waals surface area contributed by atoms with Gasteiger partial charge in [0.1, 0.15) is 11.2 Å². The summed E-state index contributed by atoms with van der Waals surface area (Å²) in [6.45, 7) is 11.0. The monoisotopic (exact) mass is 400 g/mol. The van der Waals surface area contributed by atoms with Gasteiger partial charge in [0.2, 0.25) is 0 Å². The highest BCUT2D eigenvalue weighted by molar-refractivity contribution is 7.99. The molecule has 0 saturated heterocycles. The maximum atomic E-state index is 6.18. The van der Waals surface area contributed by atoms with E-state index in [2.05, 4.69) is 45.1 Å². The van der Waals surface area contributed by atoms with Crippen molar-refractivity contribution in [3.63, 3.8) is 0 Å². The zero-order chi connectivity index (χ0) is 18.8. The molecule has 5 heterocycles. The van der Waals surface area contributed by atoms with Crippen molar-refractivity contribution in [2.45, 2.75) is 51.0 Å². The van der Waals surface area contributed by atoms with Crippen LogP contribution in [-0.4, -0.2) is 40.6 Å². The molecule has 4 aromatic rings. The normalized spacial score (nSPS) is 20.0. The van der Waals surface area contributed by atoms with Crippen molar-refractivity contribution >= 4 is 44.7 Å². The Morgan fingerprint density at radius 3 is 3.07 bits per heavy atom. The lowest BCUT2D eigenvalue weighted by molar-refractivity contribution is -0.0542. The Balaban J connectivity index is 1.83. The lowest BCUT2D eigenvalue weighted by Crippen LogP contribution is -2.33. The molecular weight excluding hydrogens is 380 g/mol. The largest absolute Gasteiger partial charge is 0.369 e. The lowest BCUT2D eigenvalue weighted by atomic mass is 9.90. The number of thioether (sulfide) groups is 1. The van der Waals surface area contributed by atoms with Gasteiger partial charge in [-0.3, -0.25) is 0 Å². The van der Waals surface area contributed by atoms with Gasteiger partial charge in [0.05, 0.1) is 17.6 Å². The van der Waals surface area contributed by atoms with Crippen molar-refractivity contribution < 1.29 is 4.74 Å². The lowest BCUT2D eigenvalue weighted by Gasteiger charge is -2.32. The van der Waals surface area contributed by atoms with Crippen LogP contribution in [0.15, 0.2) is 23.6 Å². The maximum Gasteiger partial charge on any atom is 0.260 e. The van der Waals surface area contributed by atoms with Crippen LogP contribution in [0.4, 0.5) is 0 Å². The third-order valence-electron chi connectivity index (χ3n) is 5.15. The highest BCUT2D eigenvalue weighted by Crippen LogP contribution is 2.42. The highest BCUT2D eigenvalue weighted by Gasteiger charge is 2.34. The quantitative estimate of drug-likeness (QED) is 0.382. The highest BCUT2D eigenvalue weighted by atomic mass is 32.2. The van der Waals surface area contributed by atoms with Gasteiger partial charge < -0.3 is 4.74 Å². The number of hydrogen-bond donors (Lipinski definition) is 0. The maximum absolute atomic E-state index is 6.18. The minimum Gasteiger partial charge on any atom is -0.369 e. The number of hydrogen-bond acceptors (Lipinski definition) is 7. The summed E-state index contributed by atoms with van der Waals surface area (Å²) in [5.74, 6) is 1.50. The van der Waals surface area contributed by atoms with E-state index in [0.717, 1.165) is 45.2 Å². The van der Waals surface area contributed by atoms with Gasteiger partial charge in [0.15, 0.2) is 10.8 Å². The van der Waals surface area contributed by atoms with Crippen LogP contribution in [0.1, 0.15) is 37.6 Å². The number of fused-ring (bicyclic) bond motifs is 8. The molecule has 0 aliphatic carbocycles. The molecule has 0 bridgehead atoms. The summed E-state index contributed by atoms with van der Waals surface area (Å²) in [5.41, 5.74) is 3.14. The Bertz CT molecular complexity index is 1210. The van der Waals surface area contributed by atoms with E-state index in [1.807, 2.05) is 6.92 Å². The molecule has 7 nitrogen and oxygen atoms in total. The van der Waals surface area contributed by atoms with Gasteiger partial charge in [0, 0.05) is 17.1 Å². The first kappa shape index (κ1) is 17.2. The van der Waals surface area contributed by atoms with Gasteiger partial charge >= 0.3 is 0 Å². The van der Waals surface area contributed by atoms with Crippen molar-refractivity contribution in [3.05, 3.63) is 28.9 Å². The molecule has 5 rings (SSSR count). The van der Waals surface area contributed by atoms with Crippen LogP contribution < -0.4 is 0 Å². The molecule has 140 valence electrons. The van der Waals surface area contributed by atoms with Crippen LogP contribution in [0.5, 0.6) is 0 Å². The predicted octanol–water partition coefficient (Wildman–Crippen LogP) is 3.90. The molecule has 9 heteroatoms. The van der Waals surface area contributed by atoms with Gasteiger partial charge in [-0.2, -0.15) is 9.61 Å². The first-order valence-corrected chi connectivity index (χ1v) is 10.7. The van der Waals surface area contributed by atoms with Crippen molar-refractivity contribution in [1.82, 2.24) is 29.2 Å². The van der Waals surface area contributed by atoms with Gasteiger partial charge in [-0.15, -0.1) is 21.5 Å². The molecule has 1 aliphatic heterocycles. The van der Waals surface area contributed by atoms with Gasteiger partial charge in [-0.1, -0.05) is 30.8 Å². The first-order valence-electron chi connectivity index (χ1n) is 8.93. The predicted molar refractivity (Wildman–Crippen MR) is 108 cm³/mol. The molecule has 27 heavy (non-hydrogen) atoms. The number of aromatic nitrogens is 6. The van der Waals surface area contributed by atoms with Gasteiger partial charge in [-0.25, -0.2) is 9.38 Å². The van der Waals surface area contributed by atoms with E-state index in [-0.39, 0.29) is 5.60 Å². The fourth-order valence-electron chi connectivity index (χ4n) is 3.50. The van der Waals surface area contributed by atoms with Crippen molar-refractivity contribution in [1.29, 1.82) is 0 Å². The van der Waals surface area contributed by atoms with Crippen LogP contribution in [0.25, 0.3) is 21.6 Å². The number of ether oxygens (including phenoxy) is 1. The van der Waals surface area contributed by atoms with Crippen LogP contribution in [0, 0.1) is 0 Å². The van der Waals surface area contributed by atoms with Crippen molar-refractivity contribution in [2.75, 3.05) is 5.75 Å². The molecule has 0 radical (unpaired) electrons. The van der Waals surface area contributed by atoms with Crippen LogP contribution >= 0.6 is 23.1 Å². The summed E-state index contributed by atoms with van der Waals surface area (Å²) in [5, 5.41) is 15.2. The topological polar surface area (TPSA) is 69.6 Å². The minimum atomic E-state index is -0.141. The van der Waals surface area contributed by atoms with E-state index in [9.17, 15) is 0 Å². The standard InChI is InChI=1S/C18H20N6OS2/c1-5-18(4)6-11-12(7-25-18)27-15-13(11)14-19-9-20-24(14)16-21-22-17(23(15)16)26-8-10(2)3/h9H,2,5-8H2,1,3-4H3. The van der Waals surface area contributed by atoms with Crippen LogP contribution in [0.2, 0.25) is 0 Å². The molecule has 0 aromatic carbocycles. The second-order valence-corrected chi connectivity index (χ2v) is 9.34. The average molecular weight is 401 g/mol. The minimum absolute atomic E-state index is 0.141. The third-order valence-corrected chi connectivity index (χ3v) is 7.50. The van der Waals surface area contributed by atoms with E-state index in [1.54, 1.807) is 33.9 Å². The summed E-state index contributed by atoms with van der Waals surface area (Å²) in [7, 11) is 0. The molecule has 0 fully saturated rings. The van der Waals surface area contributed by atoms with Crippen molar-refractivity contribution in [3.8, 4) is 0 Å². The Morgan fingerprint density at radius 2 is 2.30 bits per heavy atom. The zero-order valence-electron chi connectivity index (χ0n) is 15.5. The molecule has 4 aromatic heterocycles. The molecule has 0 spiro atoms. The summed E-state index contributed by atoms with van der Waals surface area (Å²) >= 11 is 3.40. The molecule has 0 saturated carbocycles. The van der Waals surface area contributed by atoms with E-state index < -0.39 is 0 Å². The summed E-state index contributed by atoms with van der Waals surface area (Å²) < 4.78 is 10.1. The van der Waals surface area contributed by atoms with E-state index >= 15 is 0 Å². The Morgan fingerprint density at radius 1 is 1.44 bits per heavy atom. The van der Waals surface area contributed by atoms with Crippen LogP contribution in [-0.2, 0) is 17.8 Å². The number of thiophene rings is 1. The second kappa shape index (κ2) is 6.02. The fraction of sp³-hybridized carbons (Fsp3) is 0.444. The zero-order valence-corrected chi connectivity index (χ0v) is 17.2. The first-order chi connectivity index (χ1) is 13.0.